The fourth-order valence-corrected chi connectivity index (χ4v) is 2.89. The van der Waals surface area contributed by atoms with Crippen LogP contribution in [0.15, 0.2) is 0 Å². The lowest BCUT2D eigenvalue weighted by Gasteiger charge is -2.38. The molecule has 1 aliphatic rings. The van der Waals surface area contributed by atoms with E-state index in [1.807, 2.05) is 6.92 Å². The molecule has 0 unspecified atom stereocenters. The first-order valence-electron chi connectivity index (χ1n) is 4.23. The van der Waals surface area contributed by atoms with E-state index in [4.69, 9.17) is 5.11 Å². The maximum atomic E-state index is 11.6. The number of hydrogen-bond acceptors (Lipinski definition) is 3. The minimum Gasteiger partial charge on any atom is -0.480 e. The molecule has 0 bridgehead atoms. The van der Waals surface area contributed by atoms with Crippen molar-refractivity contribution >= 4 is 16.8 Å². The summed E-state index contributed by atoms with van der Waals surface area (Å²) in [6.07, 6.45) is 0. The van der Waals surface area contributed by atoms with Gasteiger partial charge in [0, 0.05) is 22.6 Å². The Hall–Kier alpha value is -0.420. The van der Waals surface area contributed by atoms with Crippen LogP contribution in [0.4, 0.5) is 0 Å². The Kier molecular flexibility index (Phi) is 2.77. The zero-order valence-electron chi connectivity index (χ0n) is 8.03. The van der Waals surface area contributed by atoms with Crippen molar-refractivity contribution < 1.29 is 14.1 Å². The predicted octanol–water partition coefficient (Wildman–Crippen LogP) is -0.0414. The van der Waals surface area contributed by atoms with E-state index >= 15 is 0 Å². The van der Waals surface area contributed by atoms with Crippen LogP contribution in [0.1, 0.15) is 20.8 Å². The molecule has 1 saturated heterocycles. The number of aliphatic carboxylic acids is 1. The minimum absolute atomic E-state index is 0.00922. The molecule has 1 rings (SSSR count). The smallest absolute Gasteiger partial charge is 0.322 e. The van der Waals surface area contributed by atoms with E-state index in [0.717, 1.165) is 0 Å². The maximum Gasteiger partial charge on any atom is 0.322 e. The highest BCUT2D eigenvalue weighted by molar-refractivity contribution is 7.86. The van der Waals surface area contributed by atoms with Crippen LogP contribution in [-0.4, -0.2) is 37.9 Å². The Morgan fingerprint density at radius 1 is 1.62 bits per heavy atom. The van der Waals surface area contributed by atoms with Gasteiger partial charge in [-0.15, -0.1) is 0 Å². The number of carboxylic acids is 1. The molecule has 0 amide bonds. The second kappa shape index (κ2) is 3.38. The molecule has 2 N–H and O–H groups in total. The number of rotatable bonds is 1. The first kappa shape index (κ1) is 10.7. The van der Waals surface area contributed by atoms with Gasteiger partial charge in [0.15, 0.2) is 0 Å². The van der Waals surface area contributed by atoms with Crippen LogP contribution < -0.4 is 5.32 Å². The average molecular weight is 205 g/mol. The fraction of sp³-hybridized carbons (Fsp3) is 0.875. The number of carbonyl (C=O) groups is 1. The van der Waals surface area contributed by atoms with Crippen molar-refractivity contribution in [1.82, 2.24) is 5.32 Å². The Balaban J connectivity index is 2.92. The lowest BCUT2D eigenvalue weighted by atomic mass is 10.0. The van der Waals surface area contributed by atoms with Gasteiger partial charge in [-0.2, -0.15) is 0 Å². The van der Waals surface area contributed by atoms with Crippen molar-refractivity contribution in [2.45, 2.75) is 37.6 Å². The third kappa shape index (κ3) is 1.91. The molecule has 13 heavy (non-hydrogen) atoms. The minimum atomic E-state index is -1.07. The van der Waals surface area contributed by atoms with Crippen molar-refractivity contribution in [3.05, 3.63) is 0 Å². The maximum absolute atomic E-state index is 11.6. The largest absolute Gasteiger partial charge is 0.480 e. The van der Waals surface area contributed by atoms with Crippen LogP contribution in [0.3, 0.4) is 0 Å². The molecule has 0 spiro atoms. The molecule has 0 aromatic carbocycles. The van der Waals surface area contributed by atoms with Crippen molar-refractivity contribution in [2.75, 3.05) is 5.75 Å². The lowest BCUT2D eigenvalue weighted by molar-refractivity contribution is -0.140. The molecule has 0 aliphatic carbocycles. The summed E-state index contributed by atoms with van der Waals surface area (Å²) >= 11 is 0. The molecule has 1 fully saturated rings. The SMILES string of the molecule is C[C@@H]1C[S@@](=O)C(C)(C)[C@H](C(=O)O)N1. The van der Waals surface area contributed by atoms with Gasteiger partial charge in [0.25, 0.3) is 0 Å². The van der Waals surface area contributed by atoms with Gasteiger partial charge >= 0.3 is 5.97 Å². The summed E-state index contributed by atoms with van der Waals surface area (Å²) < 4.78 is 11.0. The van der Waals surface area contributed by atoms with E-state index < -0.39 is 27.6 Å². The molecule has 0 aromatic rings. The standard InChI is InChI=1S/C8H15NO3S/c1-5-4-13(12)8(2,3)6(9-5)7(10)11/h5-6,9H,4H2,1-3H3,(H,10,11)/t5-,6+,13-/m1/s1. The van der Waals surface area contributed by atoms with Crippen molar-refractivity contribution in [1.29, 1.82) is 0 Å². The molecule has 3 atom stereocenters. The van der Waals surface area contributed by atoms with Gasteiger partial charge in [0.05, 0.1) is 4.75 Å². The molecule has 1 aliphatic heterocycles. The first-order valence-corrected chi connectivity index (χ1v) is 5.55. The zero-order valence-corrected chi connectivity index (χ0v) is 8.85. The van der Waals surface area contributed by atoms with Gasteiger partial charge in [-0.05, 0) is 20.8 Å². The number of hydrogen-bond donors (Lipinski definition) is 2. The molecular weight excluding hydrogens is 190 g/mol. The molecule has 76 valence electrons. The number of nitrogens with one attached hydrogen (secondary N) is 1. The van der Waals surface area contributed by atoms with Crippen molar-refractivity contribution in [3.8, 4) is 0 Å². The second-order valence-corrected chi connectivity index (χ2v) is 6.03. The van der Waals surface area contributed by atoms with Crippen molar-refractivity contribution in [3.63, 3.8) is 0 Å². The topological polar surface area (TPSA) is 66.4 Å². The molecule has 0 radical (unpaired) electrons. The van der Waals surface area contributed by atoms with Crippen LogP contribution in [0.5, 0.6) is 0 Å². The van der Waals surface area contributed by atoms with Gasteiger partial charge in [-0.25, -0.2) is 0 Å². The van der Waals surface area contributed by atoms with Crippen LogP contribution in [0, 0.1) is 0 Å². The van der Waals surface area contributed by atoms with Gasteiger partial charge in [0.1, 0.15) is 6.04 Å². The van der Waals surface area contributed by atoms with Crippen LogP contribution in [0.2, 0.25) is 0 Å². The van der Waals surface area contributed by atoms with Crippen LogP contribution in [-0.2, 0) is 15.6 Å². The fourth-order valence-electron chi connectivity index (χ4n) is 1.48. The third-order valence-electron chi connectivity index (χ3n) is 2.38. The highest BCUT2D eigenvalue weighted by Gasteiger charge is 2.44. The summed E-state index contributed by atoms with van der Waals surface area (Å²) in [7, 11) is -1.07. The Morgan fingerprint density at radius 3 is 2.62 bits per heavy atom. The molecule has 5 heteroatoms. The Labute approximate surface area is 80.2 Å². The van der Waals surface area contributed by atoms with Crippen molar-refractivity contribution in [2.24, 2.45) is 0 Å². The highest BCUT2D eigenvalue weighted by Crippen LogP contribution is 2.23. The molecule has 0 aromatic heterocycles. The van der Waals surface area contributed by atoms with E-state index in [9.17, 15) is 9.00 Å². The quantitative estimate of drug-likeness (QED) is 0.630. The monoisotopic (exact) mass is 205 g/mol. The van der Waals surface area contributed by atoms with E-state index in [1.54, 1.807) is 13.8 Å². The summed E-state index contributed by atoms with van der Waals surface area (Å²) in [4.78, 5) is 10.9. The summed E-state index contributed by atoms with van der Waals surface area (Å²) in [6.45, 7) is 5.30. The summed E-state index contributed by atoms with van der Waals surface area (Å²) in [6, 6.07) is -0.702. The van der Waals surface area contributed by atoms with E-state index in [2.05, 4.69) is 5.32 Å². The lowest BCUT2D eigenvalue weighted by Crippen LogP contribution is -2.62. The van der Waals surface area contributed by atoms with Crippen LogP contribution >= 0.6 is 0 Å². The summed E-state index contributed by atoms with van der Waals surface area (Å²) in [5, 5.41) is 11.9. The van der Waals surface area contributed by atoms with Gasteiger partial charge in [0.2, 0.25) is 0 Å². The summed E-state index contributed by atoms with van der Waals surface area (Å²) in [5.41, 5.74) is 0. The molecule has 4 nitrogen and oxygen atoms in total. The Morgan fingerprint density at radius 2 is 2.15 bits per heavy atom. The molecular formula is C8H15NO3S. The highest BCUT2D eigenvalue weighted by atomic mass is 32.2. The first-order chi connectivity index (χ1) is 5.85. The van der Waals surface area contributed by atoms with E-state index in [1.165, 1.54) is 0 Å². The van der Waals surface area contributed by atoms with E-state index in [0.29, 0.717) is 5.75 Å². The average Bonchev–Trinajstić information content (AvgIpc) is 1.96. The summed E-state index contributed by atoms with van der Waals surface area (Å²) in [5.74, 6) is -0.401. The van der Waals surface area contributed by atoms with Gasteiger partial charge in [-0.1, -0.05) is 0 Å². The Bertz CT molecular complexity index is 252. The van der Waals surface area contributed by atoms with Gasteiger partial charge in [-0.3, -0.25) is 14.3 Å². The normalized spacial score (nSPS) is 38.5. The zero-order chi connectivity index (χ0) is 10.2. The van der Waals surface area contributed by atoms with E-state index in [-0.39, 0.29) is 6.04 Å². The second-order valence-electron chi connectivity index (χ2n) is 3.95. The van der Waals surface area contributed by atoms with Crippen LogP contribution in [0.25, 0.3) is 0 Å². The third-order valence-corrected chi connectivity index (χ3v) is 4.59. The molecule has 1 heterocycles. The predicted molar refractivity (Wildman–Crippen MR) is 51.1 cm³/mol. The number of carboxylic acid groups (broad SMARTS) is 1. The van der Waals surface area contributed by atoms with Gasteiger partial charge < -0.3 is 5.11 Å². The molecule has 0 saturated carbocycles.